The largest absolute Gasteiger partial charge is 0.375 e. The topological polar surface area (TPSA) is 54.5 Å². The van der Waals surface area contributed by atoms with Crippen LogP contribution in [0.5, 0.6) is 0 Å². The first kappa shape index (κ1) is 20.0. The van der Waals surface area contributed by atoms with Gasteiger partial charge in [0.1, 0.15) is 5.82 Å². The third-order valence-corrected chi connectivity index (χ3v) is 5.90. The van der Waals surface area contributed by atoms with E-state index < -0.39 is 0 Å². The van der Waals surface area contributed by atoms with Gasteiger partial charge in [0.15, 0.2) is 0 Å². The van der Waals surface area contributed by atoms with E-state index in [2.05, 4.69) is 15.2 Å². The van der Waals surface area contributed by atoms with Crippen molar-refractivity contribution in [2.45, 2.75) is 31.8 Å². The monoisotopic (exact) mass is 405 g/mol. The van der Waals surface area contributed by atoms with E-state index >= 15 is 0 Å². The van der Waals surface area contributed by atoms with Crippen LogP contribution < -0.4 is 10.2 Å². The lowest BCUT2D eigenvalue weighted by atomic mass is 10.1. The Bertz CT molecular complexity index is 859. The van der Waals surface area contributed by atoms with Crippen LogP contribution >= 0.6 is 23.4 Å². The van der Waals surface area contributed by atoms with Gasteiger partial charge in [-0.1, -0.05) is 17.7 Å². The fraction of sp³-hybridized carbons (Fsp3) is 0.400. The Morgan fingerprint density at radius 2 is 2.19 bits per heavy atom. The molecule has 0 bridgehead atoms. The number of hydrogen-bond acceptors (Lipinski definition) is 5. The highest BCUT2D eigenvalue weighted by Crippen LogP contribution is 2.31. The number of rotatable bonds is 4. The summed E-state index contributed by atoms with van der Waals surface area (Å²) in [6, 6.07) is 7.78. The summed E-state index contributed by atoms with van der Waals surface area (Å²) in [5, 5.41) is 3.53. The molecule has 1 aliphatic heterocycles. The highest BCUT2D eigenvalue weighted by molar-refractivity contribution is 7.98. The first-order chi connectivity index (χ1) is 12.9. The average Bonchev–Trinajstić information content (AvgIpc) is 2.65. The molecule has 2 heterocycles. The number of ether oxygens (including phenoxy) is 1. The van der Waals surface area contributed by atoms with Crippen molar-refractivity contribution in [2.24, 2.45) is 0 Å². The van der Waals surface area contributed by atoms with E-state index in [1.807, 2.05) is 51.3 Å². The number of aromatic nitrogens is 1. The molecule has 1 N–H and O–H groups in total. The molecule has 3 rings (SSSR count). The molecular weight excluding hydrogens is 382 g/mol. The van der Waals surface area contributed by atoms with E-state index in [-0.39, 0.29) is 12.0 Å². The third kappa shape index (κ3) is 4.39. The number of pyridine rings is 1. The molecule has 1 aromatic heterocycles. The summed E-state index contributed by atoms with van der Waals surface area (Å²) in [5.41, 5.74) is 2.75. The van der Waals surface area contributed by atoms with Crippen LogP contribution in [-0.2, 0) is 4.74 Å². The second-order valence-corrected chi connectivity index (χ2v) is 7.91. The maximum absolute atomic E-state index is 13.2. The molecule has 0 aliphatic carbocycles. The van der Waals surface area contributed by atoms with Gasteiger partial charge < -0.3 is 15.0 Å². The Labute approximate surface area is 169 Å². The number of amides is 1. The molecule has 1 fully saturated rings. The van der Waals surface area contributed by atoms with Crippen molar-refractivity contribution < 1.29 is 9.53 Å². The van der Waals surface area contributed by atoms with Gasteiger partial charge in [-0.3, -0.25) is 4.79 Å². The van der Waals surface area contributed by atoms with Crippen LogP contribution in [0.25, 0.3) is 0 Å². The lowest BCUT2D eigenvalue weighted by molar-refractivity contribution is 0.0528. The normalized spacial score (nSPS) is 17.1. The molecule has 5 nitrogen and oxygen atoms in total. The number of morpholine rings is 1. The number of nitrogens with one attached hydrogen (secondary N) is 1. The Kier molecular flexibility index (Phi) is 6.29. The van der Waals surface area contributed by atoms with Crippen molar-refractivity contribution >= 4 is 40.8 Å². The third-order valence-electron chi connectivity index (χ3n) is 4.61. The number of hydrogen-bond donors (Lipinski definition) is 1. The van der Waals surface area contributed by atoms with Crippen molar-refractivity contribution in [1.29, 1.82) is 0 Å². The lowest BCUT2D eigenvalue weighted by Crippen LogP contribution is -2.42. The smallest absolute Gasteiger partial charge is 0.259 e. The van der Waals surface area contributed by atoms with Crippen LogP contribution in [0.4, 0.5) is 11.5 Å². The summed E-state index contributed by atoms with van der Waals surface area (Å²) in [6.45, 7) is 7.76. The molecule has 1 atom stereocenters. The van der Waals surface area contributed by atoms with Crippen LogP contribution in [0.1, 0.15) is 28.5 Å². The molecule has 144 valence electrons. The average molecular weight is 406 g/mol. The molecule has 1 amide bonds. The van der Waals surface area contributed by atoms with E-state index in [0.717, 1.165) is 21.8 Å². The van der Waals surface area contributed by atoms with Gasteiger partial charge in [0, 0.05) is 23.7 Å². The van der Waals surface area contributed by atoms with Gasteiger partial charge in [-0.15, -0.1) is 11.8 Å². The standard InChI is InChI=1S/C20H24ClN3O2S/c1-12-11-24(8-9-26-12)19-17(13(2)18(21)14(3)22-19)20(25)23-15-6-5-7-16(10-15)27-4/h5-7,10,12H,8-9,11H2,1-4H3,(H,23,25). The summed E-state index contributed by atoms with van der Waals surface area (Å²) in [7, 11) is 0. The molecule has 1 aromatic carbocycles. The number of aryl methyl sites for hydroxylation is 1. The Hall–Kier alpha value is -1.76. The Morgan fingerprint density at radius 3 is 2.89 bits per heavy atom. The molecule has 0 saturated carbocycles. The summed E-state index contributed by atoms with van der Waals surface area (Å²) < 4.78 is 5.64. The van der Waals surface area contributed by atoms with Gasteiger partial charge >= 0.3 is 0 Å². The van der Waals surface area contributed by atoms with Crippen molar-refractivity contribution in [2.75, 3.05) is 36.2 Å². The molecule has 2 aromatic rings. The fourth-order valence-electron chi connectivity index (χ4n) is 3.22. The van der Waals surface area contributed by atoms with Crippen molar-refractivity contribution in [3.05, 3.63) is 46.1 Å². The van der Waals surface area contributed by atoms with Gasteiger partial charge in [-0.25, -0.2) is 4.98 Å². The summed E-state index contributed by atoms with van der Waals surface area (Å²) in [4.78, 5) is 21.0. The quantitative estimate of drug-likeness (QED) is 0.756. The minimum atomic E-state index is -0.200. The van der Waals surface area contributed by atoms with E-state index in [1.165, 1.54) is 0 Å². The highest BCUT2D eigenvalue weighted by Gasteiger charge is 2.27. The van der Waals surface area contributed by atoms with Gasteiger partial charge in [-0.2, -0.15) is 0 Å². The number of nitrogens with zero attached hydrogens (tertiary/aromatic N) is 2. The molecule has 1 unspecified atom stereocenters. The number of carbonyl (C=O) groups excluding carboxylic acids is 1. The molecule has 0 spiro atoms. The van der Waals surface area contributed by atoms with Gasteiger partial charge in [0.25, 0.3) is 5.91 Å². The number of benzene rings is 1. The second kappa shape index (κ2) is 8.50. The number of thioether (sulfide) groups is 1. The minimum absolute atomic E-state index is 0.0889. The van der Waals surface area contributed by atoms with Gasteiger partial charge in [-0.05, 0) is 50.8 Å². The van der Waals surface area contributed by atoms with E-state index in [9.17, 15) is 4.79 Å². The molecule has 1 saturated heterocycles. The summed E-state index contributed by atoms with van der Waals surface area (Å²) in [6.07, 6.45) is 2.10. The predicted molar refractivity (Wildman–Crippen MR) is 113 cm³/mol. The highest BCUT2D eigenvalue weighted by atomic mass is 35.5. The molecule has 1 aliphatic rings. The van der Waals surface area contributed by atoms with Crippen LogP contribution in [0.15, 0.2) is 29.2 Å². The van der Waals surface area contributed by atoms with Crippen LogP contribution in [0, 0.1) is 13.8 Å². The number of halogens is 1. The zero-order valence-electron chi connectivity index (χ0n) is 16.0. The zero-order chi connectivity index (χ0) is 19.6. The second-order valence-electron chi connectivity index (χ2n) is 6.65. The SMILES string of the molecule is CSc1cccc(NC(=O)c2c(N3CCOC(C)C3)nc(C)c(Cl)c2C)c1. The maximum Gasteiger partial charge on any atom is 0.259 e. The van der Waals surface area contributed by atoms with Gasteiger partial charge in [0.2, 0.25) is 0 Å². The van der Waals surface area contributed by atoms with Crippen molar-refractivity contribution in [3.8, 4) is 0 Å². The molecular formula is C20H24ClN3O2S. The van der Waals surface area contributed by atoms with Crippen LogP contribution in [0.3, 0.4) is 0 Å². The summed E-state index contributed by atoms with van der Waals surface area (Å²) in [5.74, 6) is 0.470. The minimum Gasteiger partial charge on any atom is -0.375 e. The van der Waals surface area contributed by atoms with E-state index in [4.69, 9.17) is 16.3 Å². The predicted octanol–water partition coefficient (Wildman–Crippen LogP) is 4.55. The van der Waals surface area contributed by atoms with E-state index in [0.29, 0.717) is 36.1 Å². The molecule has 7 heteroatoms. The van der Waals surface area contributed by atoms with Crippen LogP contribution in [-0.4, -0.2) is 42.9 Å². The Balaban J connectivity index is 1.99. The lowest BCUT2D eigenvalue weighted by Gasteiger charge is -2.33. The first-order valence-corrected chi connectivity index (χ1v) is 10.5. The maximum atomic E-state index is 13.2. The van der Waals surface area contributed by atoms with Crippen LogP contribution in [0.2, 0.25) is 5.02 Å². The first-order valence-electron chi connectivity index (χ1n) is 8.89. The van der Waals surface area contributed by atoms with Crippen molar-refractivity contribution in [1.82, 2.24) is 4.98 Å². The number of anilines is 2. The zero-order valence-corrected chi connectivity index (χ0v) is 17.6. The molecule has 27 heavy (non-hydrogen) atoms. The van der Waals surface area contributed by atoms with Gasteiger partial charge in [0.05, 0.1) is 29.0 Å². The van der Waals surface area contributed by atoms with E-state index in [1.54, 1.807) is 11.8 Å². The number of carbonyl (C=O) groups is 1. The van der Waals surface area contributed by atoms with Crippen molar-refractivity contribution in [3.63, 3.8) is 0 Å². The summed E-state index contributed by atoms with van der Waals surface area (Å²) >= 11 is 8.06. The Morgan fingerprint density at radius 1 is 1.41 bits per heavy atom. The fourth-order valence-corrected chi connectivity index (χ4v) is 3.81. The molecule has 0 radical (unpaired) electrons.